The average molecular weight is 281 g/mol. The lowest BCUT2D eigenvalue weighted by Gasteiger charge is -2.30. The second kappa shape index (κ2) is 5.21. The van der Waals surface area contributed by atoms with Gasteiger partial charge in [-0.1, -0.05) is 24.6 Å². The maximum Gasteiger partial charge on any atom is 0.0556 e. The maximum absolute atomic E-state index is 6.04. The molecular weight excluding hydrogens is 263 g/mol. The standard InChI is InChI=1S/C14H18ClN2P/c1-2-17-7-5-10(6-8-17)14-12-4-3-11(15)9-13(12)18-16-14/h3-4,9-10,18H,2,5-8H2,1H3. The zero-order valence-corrected chi connectivity index (χ0v) is 12.4. The predicted molar refractivity (Wildman–Crippen MR) is 80.3 cm³/mol. The van der Waals surface area contributed by atoms with E-state index < -0.39 is 0 Å². The first-order valence-electron chi connectivity index (χ1n) is 6.64. The number of hydrogen-bond donors (Lipinski definition) is 0. The van der Waals surface area contributed by atoms with Gasteiger partial charge in [-0.2, -0.15) is 0 Å². The fourth-order valence-corrected chi connectivity index (χ4v) is 4.21. The van der Waals surface area contributed by atoms with Crippen molar-refractivity contribution in [1.82, 2.24) is 9.65 Å². The zero-order chi connectivity index (χ0) is 12.5. The van der Waals surface area contributed by atoms with E-state index in [2.05, 4.69) is 24.0 Å². The molecule has 2 heterocycles. The Morgan fingerprint density at radius 2 is 2.17 bits per heavy atom. The molecule has 2 aromatic rings. The third-order valence-electron chi connectivity index (χ3n) is 3.98. The zero-order valence-electron chi connectivity index (χ0n) is 10.6. The lowest BCUT2D eigenvalue weighted by Crippen LogP contribution is -2.32. The molecule has 0 amide bonds. The highest BCUT2D eigenvalue weighted by atomic mass is 35.5. The molecule has 0 N–H and O–H groups in total. The molecule has 1 aliphatic rings. The van der Waals surface area contributed by atoms with Crippen LogP contribution in [0.5, 0.6) is 0 Å². The minimum absolute atomic E-state index is 0.565. The molecular formula is C14H18ClN2P. The van der Waals surface area contributed by atoms with Gasteiger partial charge in [-0.25, -0.2) is 4.75 Å². The first-order chi connectivity index (χ1) is 8.78. The molecule has 1 aromatic carbocycles. The Bertz CT molecular complexity index is 544. The summed E-state index contributed by atoms with van der Waals surface area (Å²) in [5, 5.41) is 3.52. The van der Waals surface area contributed by atoms with Crippen molar-refractivity contribution in [3.63, 3.8) is 0 Å². The minimum atomic E-state index is 0.565. The molecule has 18 heavy (non-hydrogen) atoms. The van der Waals surface area contributed by atoms with Crippen molar-refractivity contribution in [1.29, 1.82) is 0 Å². The number of nitrogens with zero attached hydrogens (tertiary/aromatic N) is 2. The SMILES string of the molecule is CCN1CCC(c2n[pH]c3cc(Cl)ccc23)CC1. The fraction of sp³-hybridized carbons (Fsp3) is 0.500. The smallest absolute Gasteiger partial charge is 0.0556 e. The third-order valence-corrected chi connectivity index (χ3v) is 5.22. The molecule has 2 nitrogen and oxygen atoms in total. The molecule has 0 spiro atoms. The Hall–Kier alpha value is -0.560. The van der Waals surface area contributed by atoms with Gasteiger partial charge in [0.1, 0.15) is 0 Å². The van der Waals surface area contributed by atoms with Crippen molar-refractivity contribution >= 4 is 30.5 Å². The van der Waals surface area contributed by atoms with Crippen LogP contribution in [0.15, 0.2) is 18.2 Å². The lowest BCUT2D eigenvalue weighted by atomic mass is 9.92. The number of benzene rings is 1. The Morgan fingerprint density at radius 1 is 1.39 bits per heavy atom. The summed E-state index contributed by atoms with van der Waals surface area (Å²) >= 11 is 6.04. The first kappa shape index (κ1) is 12.5. The van der Waals surface area contributed by atoms with Crippen molar-refractivity contribution in [2.75, 3.05) is 19.6 Å². The summed E-state index contributed by atoms with van der Waals surface area (Å²) in [5.74, 6) is 0.655. The summed E-state index contributed by atoms with van der Waals surface area (Å²) in [6.45, 7) is 5.84. The molecule has 1 unspecified atom stereocenters. The van der Waals surface area contributed by atoms with Crippen molar-refractivity contribution < 1.29 is 0 Å². The van der Waals surface area contributed by atoms with Gasteiger partial charge in [0, 0.05) is 21.4 Å². The number of rotatable bonds is 2. The Kier molecular flexibility index (Phi) is 3.61. The normalized spacial score (nSPS) is 19.0. The molecule has 3 rings (SSSR count). The number of likely N-dealkylation sites (tertiary alicyclic amines) is 1. The number of piperidine rings is 1. The van der Waals surface area contributed by atoms with E-state index in [1.807, 2.05) is 6.07 Å². The van der Waals surface area contributed by atoms with Crippen molar-refractivity contribution in [2.45, 2.75) is 25.7 Å². The summed E-state index contributed by atoms with van der Waals surface area (Å²) < 4.78 is 4.79. The highest BCUT2D eigenvalue weighted by Crippen LogP contribution is 2.36. The van der Waals surface area contributed by atoms with E-state index in [0.717, 1.165) is 5.02 Å². The summed E-state index contributed by atoms with van der Waals surface area (Å²) in [6.07, 6.45) is 2.50. The van der Waals surface area contributed by atoms with Gasteiger partial charge >= 0.3 is 0 Å². The Labute approximate surface area is 114 Å². The van der Waals surface area contributed by atoms with E-state index in [0.29, 0.717) is 14.3 Å². The molecule has 1 aliphatic heterocycles. The Balaban J connectivity index is 1.87. The van der Waals surface area contributed by atoms with Gasteiger partial charge in [-0.3, -0.25) is 0 Å². The van der Waals surface area contributed by atoms with Crippen LogP contribution in [0.4, 0.5) is 0 Å². The Morgan fingerprint density at radius 3 is 2.89 bits per heavy atom. The minimum Gasteiger partial charge on any atom is -0.304 e. The topological polar surface area (TPSA) is 16.1 Å². The van der Waals surface area contributed by atoms with Crippen LogP contribution in [0.2, 0.25) is 5.02 Å². The quantitative estimate of drug-likeness (QED) is 0.823. The van der Waals surface area contributed by atoms with E-state index in [1.165, 1.54) is 48.7 Å². The molecule has 0 saturated carbocycles. The van der Waals surface area contributed by atoms with Gasteiger partial charge in [0.15, 0.2) is 0 Å². The van der Waals surface area contributed by atoms with Crippen LogP contribution < -0.4 is 0 Å². The third kappa shape index (κ3) is 2.30. The molecule has 0 bridgehead atoms. The number of halogens is 1. The van der Waals surface area contributed by atoms with Crippen LogP contribution in [0.25, 0.3) is 10.5 Å². The van der Waals surface area contributed by atoms with E-state index in [-0.39, 0.29) is 0 Å². The van der Waals surface area contributed by atoms with Crippen LogP contribution in [-0.2, 0) is 0 Å². The second-order valence-corrected chi connectivity index (χ2v) is 6.43. The monoisotopic (exact) mass is 280 g/mol. The van der Waals surface area contributed by atoms with Crippen LogP contribution in [0, 0.1) is 0 Å². The second-order valence-electron chi connectivity index (χ2n) is 5.01. The first-order valence-corrected chi connectivity index (χ1v) is 7.96. The van der Waals surface area contributed by atoms with Crippen molar-refractivity contribution in [3.8, 4) is 0 Å². The highest BCUT2D eigenvalue weighted by Gasteiger charge is 2.22. The van der Waals surface area contributed by atoms with Crippen LogP contribution in [-0.4, -0.2) is 29.3 Å². The summed E-state index contributed by atoms with van der Waals surface area (Å²) in [5.41, 5.74) is 1.34. The maximum atomic E-state index is 6.04. The summed E-state index contributed by atoms with van der Waals surface area (Å²) in [6, 6.07) is 6.22. The molecule has 1 fully saturated rings. The van der Waals surface area contributed by atoms with Gasteiger partial charge in [-0.15, -0.1) is 0 Å². The van der Waals surface area contributed by atoms with E-state index in [1.54, 1.807) is 0 Å². The van der Waals surface area contributed by atoms with Gasteiger partial charge in [0.2, 0.25) is 0 Å². The molecule has 0 aliphatic carbocycles. The summed E-state index contributed by atoms with van der Waals surface area (Å²) in [7, 11) is 0.565. The van der Waals surface area contributed by atoms with Gasteiger partial charge < -0.3 is 4.90 Å². The number of aromatic nitrogens is 1. The predicted octanol–water partition coefficient (Wildman–Crippen LogP) is 4.12. The molecule has 96 valence electrons. The van der Waals surface area contributed by atoms with Gasteiger partial charge in [0.25, 0.3) is 0 Å². The fourth-order valence-electron chi connectivity index (χ4n) is 2.85. The van der Waals surface area contributed by atoms with E-state index in [9.17, 15) is 0 Å². The lowest BCUT2D eigenvalue weighted by molar-refractivity contribution is 0.222. The molecule has 1 aromatic heterocycles. The summed E-state index contributed by atoms with van der Waals surface area (Å²) in [4.78, 5) is 2.52. The largest absolute Gasteiger partial charge is 0.304 e. The number of hydrogen-bond acceptors (Lipinski definition) is 2. The van der Waals surface area contributed by atoms with Gasteiger partial charge in [-0.05, 0) is 53.0 Å². The number of fused-ring (bicyclic) bond motifs is 1. The van der Waals surface area contributed by atoms with Crippen molar-refractivity contribution in [3.05, 3.63) is 28.9 Å². The van der Waals surface area contributed by atoms with E-state index >= 15 is 0 Å². The van der Waals surface area contributed by atoms with Crippen molar-refractivity contribution in [2.24, 2.45) is 0 Å². The highest BCUT2D eigenvalue weighted by molar-refractivity contribution is 7.32. The van der Waals surface area contributed by atoms with Crippen LogP contribution >= 0.6 is 20.0 Å². The van der Waals surface area contributed by atoms with Crippen LogP contribution in [0.3, 0.4) is 0 Å². The average Bonchev–Trinajstić information content (AvgIpc) is 2.81. The molecule has 1 atom stereocenters. The molecule has 0 radical (unpaired) electrons. The van der Waals surface area contributed by atoms with Crippen LogP contribution in [0.1, 0.15) is 31.4 Å². The van der Waals surface area contributed by atoms with E-state index in [4.69, 9.17) is 16.3 Å². The van der Waals surface area contributed by atoms with Gasteiger partial charge in [0.05, 0.1) is 5.69 Å². The molecule has 1 saturated heterocycles. The molecule has 4 heteroatoms.